The van der Waals surface area contributed by atoms with E-state index in [1.165, 1.54) is 0 Å². The normalized spacial score (nSPS) is 26.0. The molecule has 3 atom stereocenters. The van der Waals surface area contributed by atoms with Gasteiger partial charge in [-0.2, -0.15) is 5.26 Å². The molecule has 0 aromatic heterocycles. The largest absolute Gasteiger partial charge is 0.436 e. The fourth-order valence-electron chi connectivity index (χ4n) is 3.26. The maximum Gasteiger partial charge on any atom is 0.410 e. The van der Waals surface area contributed by atoms with Gasteiger partial charge in [-0.3, -0.25) is 4.79 Å². The number of ether oxygens (including phenoxy) is 2. The molecule has 8 heteroatoms. The van der Waals surface area contributed by atoms with Crippen LogP contribution in [0.2, 0.25) is 0 Å². The van der Waals surface area contributed by atoms with E-state index < -0.39 is 17.7 Å². The number of rotatable bonds is 6. The number of nitriles is 1. The summed E-state index contributed by atoms with van der Waals surface area (Å²) in [6.07, 6.45) is -0.138. The van der Waals surface area contributed by atoms with Gasteiger partial charge in [0, 0.05) is 32.1 Å². The second-order valence-corrected chi connectivity index (χ2v) is 7.09. The van der Waals surface area contributed by atoms with Crippen LogP contribution in [0, 0.1) is 17.2 Å². The van der Waals surface area contributed by atoms with Gasteiger partial charge in [-0.05, 0) is 19.4 Å². The molecule has 0 aromatic carbocycles. The predicted octanol–water partition coefficient (Wildman–Crippen LogP) is 0.974. The van der Waals surface area contributed by atoms with Crippen LogP contribution in [0.4, 0.5) is 4.79 Å². The van der Waals surface area contributed by atoms with Crippen LogP contribution in [-0.4, -0.2) is 79.4 Å². The smallest absolute Gasteiger partial charge is 0.410 e. The minimum Gasteiger partial charge on any atom is -0.436 e. The molecular formula is C18H30N4O4. The number of hydrogen-bond acceptors (Lipinski definition) is 6. The first-order valence-electron chi connectivity index (χ1n) is 9.43. The number of amides is 2. The Morgan fingerprint density at radius 2 is 2.00 bits per heavy atom. The molecule has 2 aliphatic rings. The Kier molecular flexibility index (Phi) is 7.23. The van der Waals surface area contributed by atoms with Crippen molar-refractivity contribution < 1.29 is 19.1 Å². The highest BCUT2D eigenvalue weighted by molar-refractivity contribution is 5.84. The Labute approximate surface area is 155 Å². The van der Waals surface area contributed by atoms with Gasteiger partial charge < -0.3 is 24.6 Å². The van der Waals surface area contributed by atoms with Gasteiger partial charge in [0.1, 0.15) is 5.54 Å². The van der Waals surface area contributed by atoms with E-state index in [0.717, 1.165) is 13.1 Å². The highest BCUT2D eigenvalue weighted by Gasteiger charge is 2.42. The molecule has 2 saturated heterocycles. The van der Waals surface area contributed by atoms with Gasteiger partial charge in [-0.25, -0.2) is 4.79 Å². The van der Waals surface area contributed by atoms with Crippen molar-refractivity contribution in [2.24, 2.45) is 5.92 Å². The van der Waals surface area contributed by atoms with Crippen molar-refractivity contribution in [1.29, 1.82) is 5.26 Å². The van der Waals surface area contributed by atoms with Crippen LogP contribution in [0.5, 0.6) is 0 Å². The molecule has 0 aliphatic carbocycles. The van der Waals surface area contributed by atoms with Crippen molar-refractivity contribution in [1.82, 2.24) is 15.1 Å². The molecule has 0 bridgehead atoms. The Hall–Kier alpha value is -1.85. The second-order valence-electron chi connectivity index (χ2n) is 7.09. The van der Waals surface area contributed by atoms with Crippen LogP contribution in [0.15, 0.2) is 0 Å². The van der Waals surface area contributed by atoms with Crippen molar-refractivity contribution in [2.45, 2.75) is 45.3 Å². The third kappa shape index (κ3) is 4.86. The van der Waals surface area contributed by atoms with Crippen molar-refractivity contribution in [3.63, 3.8) is 0 Å². The van der Waals surface area contributed by atoms with Crippen molar-refractivity contribution in [3.8, 4) is 6.07 Å². The number of likely N-dealkylation sites (tertiary alicyclic amines) is 1. The highest BCUT2D eigenvalue weighted by Crippen LogP contribution is 2.22. The molecule has 0 aromatic rings. The molecule has 2 rings (SSSR count). The summed E-state index contributed by atoms with van der Waals surface area (Å²) in [4.78, 5) is 29.0. The van der Waals surface area contributed by atoms with Crippen LogP contribution in [-0.2, 0) is 14.3 Å². The molecule has 2 fully saturated rings. The molecule has 8 nitrogen and oxygen atoms in total. The number of likely N-dealkylation sites (N-methyl/N-ethyl adjacent to an activating group) is 1. The average molecular weight is 366 g/mol. The fourth-order valence-corrected chi connectivity index (χ4v) is 3.26. The third-order valence-corrected chi connectivity index (χ3v) is 5.29. The lowest BCUT2D eigenvalue weighted by molar-refractivity contribution is -0.134. The summed E-state index contributed by atoms with van der Waals surface area (Å²) < 4.78 is 10.8. The summed E-state index contributed by atoms with van der Waals surface area (Å²) in [5, 5.41) is 12.5. The number of nitrogens with zero attached hydrogens (tertiary/aromatic N) is 3. The number of morpholine rings is 1. The van der Waals surface area contributed by atoms with Gasteiger partial charge >= 0.3 is 6.09 Å². The number of hydrogen-bond donors (Lipinski definition) is 1. The molecule has 2 heterocycles. The van der Waals surface area contributed by atoms with Gasteiger partial charge in [0.15, 0.2) is 6.10 Å². The minimum atomic E-state index is -0.913. The van der Waals surface area contributed by atoms with Crippen LogP contribution < -0.4 is 5.32 Å². The first-order valence-corrected chi connectivity index (χ1v) is 9.43. The summed E-state index contributed by atoms with van der Waals surface area (Å²) in [5.41, 5.74) is -0.913. The Morgan fingerprint density at radius 1 is 1.31 bits per heavy atom. The summed E-state index contributed by atoms with van der Waals surface area (Å²) in [6.45, 7) is 9.82. The third-order valence-electron chi connectivity index (χ3n) is 5.29. The first kappa shape index (κ1) is 20.5. The average Bonchev–Trinajstić information content (AvgIpc) is 3.09. The van der Waals surface area contributed by atoms with Gasteiger partial charge in [0.05, 0.1) is 19.3 Å². The van der Waals surface area contributed by atoms with E-state index in [-0.39, 0.29) is 11.8 Å². The van der Waals surface area contributed by atoms with Gasteiger partial charge in [0.25, 0.3) is 5.91 Å². The molecule has 2 amide bonds. The van der Waals surface area contributed by atoms with Crippen molar-refractivity contribution in [2.75, 3.05) is 45.9 Å². The van der Waals surface area contributed by atoms with Crippen LogP contribution in [0.25, 0.3) is 0 Å². The summed E-state index contributed by atoms with van der Waals surface area (Å²) in [5.74, 6) is -0.528. The zero-order valence-electron chi connectivity index (χ0n) is 16.0. The maximum atomic E-state index is 12.9. The van der Waals surface area contributed by atoms with Crippen molar-refractivity contribution >= 4 is 12.0 Å². The zero-order valence-corrected chi connectivity index (χ0v) is 16.0. The first-order chi connectivity index (χ1) is 12.4. The van der Waals surface area contributed by atoms with Gasteiger partial charge in [-0.1, -0.05) is 20.8 Å². The monoisotopic (exact) mass is 366 g/mol. The number of carbonyl (C=O) groups excluding carboxylic acids is 2. The maximum absolute atomic E-state index is 12.9. The molecule has 2 aliphatic heterocycles. The van der Waals surface area contributed by atoms with E-state index in [4.69, 9.17) is 9.47 Å². The van der Waals surface area contributed by atoms with E-state index >= 15 is 0 Å². The molecule has 0 radical (unpaired) electrons. The molecule has 0 spiro atoms. The lowest BCUT2D eigenvalue weighted by Crippen LogP contribution is -2.55. The van der Waals surface area contributed by atoms with Gasteiger partial charge in [0.2, 0.25) is 0 Å². The highest BCUT2D eigenvalue weighted by atomic mass is 16.6. The van der Waals surface area contributed by atoms with E-state index in [9.17, 15) is 14.9 Å². The molecular weight excluding hydrogens is 336 g/mol. The number of nitrogens with one attached hydrogen (secondary N) is 1. The topological polar surface area (TPSA) is 94.9 Å². The summed E-state index contributed by atoms with van der Waals surface area (Å²) in [6, 6.07) is 2.26. The lowest BCUT2D eigenvalue weighted by atomic mass is 9.97. The lowest BCUT2D eigenvalue weighted by Gasteiger charge is -2.31. The van der Waals surface area contributed by atoms with E-state index in [1.54, 1.807) is 4.90 Å². The second kappa shape index (κ2) is 9.19. The Balaban J connectivity index is 2.04. The Morgan fingerprint density at radius 3 is 2.54 bits per heavy atom. The van der Waals surface area contributed by atoms with E-state index in [0.29, 0.717) is 45.7 Å². The molecule has 1 N–H and O–H groups in total. The molecule has 3 unspecified atom stereocenters. The van der Waals surface area contributed by atoms with Gasteiger partial charge in [-0.15, -0.1) is 0 Å². The number of carbonyl (C=O) groups is 2. The summed E-state index contributed by atoms with van der Waals surface area (Å²) in [7, 11) is 0. The molecule has 146 valence electrons. The Bertz CT molecular complexity index is 544. The van der Waals surface area contributed by atoms with E-state index in [1.807, 2.05) is 20.8 Å². The van der Waals surface area contributed by atoms with Crippen LogP contribution >= 0.6 is 0 Å². The quantitative estimate of drug-likeness (QED) is 0.753. The van der Waals surface area contributed by atoms with Crippen LogP contribution in [0.3, 0.4) is 0 Å². The van der Waals surface area contributed by atoms with Crippen LogP contribution in [0.1, 0.15) is 33.6 Å². The molecule has 26 heavy (non-hydrogen) atoms. The van der Waals surface area contributed by atoms with E-state index in [2.05, 4.69) is 16.3 Å². The minimum absolute atomic E-state index is 0.139. The molecule has 0 saturated carbocycles. The zero-order chi connectivity index (χ0) is 19.2. The summed E-state index contributed by atoms with van der Waals surface area (Å²) >= 11 is 0. The SMILES string of the molecule is CCC(C)C(OC(=O)N1CCOCC1)C(=O)NC1(C#N)CCN(CC)C1. The predicted molar refractivity (Wildman–Crippen MR) is 95.3 cm³/mol. The fraction of sp³-hybridized carbons (Fsp3) is 0.833. The standard InChI is InChI=1S/C18H30N4O4/c1-4-14(3)15(26-17(24)22-8-10-25-11-9-22)16(23)20-18(12-19)6-7-21(5-2)13-18/h14-15H,4-11,13H2,1-3H3,(H,20,23). The van der Waals surface area contributed by atoms with Crippen molar-refractivity contribution in [3.05, 3.63) is 0 Å².